The molecule has 0 bridgehead atoms. The number of carboxylic acid groups (broad SMARTS) is 1. The molecule has 19 heavy (non-hydrogen) atoms. The molecule has 0 aliphatic carbocycles. The van der Waals surface area contributed by atoms with Gasteiger partial charge in [-0.3, -0.25) is 0 Å². The van der Waals surface area contributed by atoms with E-state index in [0.29, 0.717) is 10.9 Å². The van der Waals surface area contributed by atoms with E-state index >= 15 is 0 Å². The summed E-state index contributed by atoms with van der Waals surface area (Å²) in [6.07, 6.45) is 1.68. The van der Waals surface area contributed by atoms with Gasteiger partial charge in [0.25, 0.3) is 0 Å². The molecule has 0 saturated carbocycles. The van der Waals surface area contributed by atoms with E-state index in [4.69, 9.17) is 15.6 Å². The first-order valence-corrected chi connectivity index (χ1v) is 6.95. The average molecular weight is 296 g/mol. The number of carboxylic acids is 1. The fraction of sp³-hybridized carbons (Fsp3) is 0.167. The van der Waals surface area contributed by atoms with Crippen LogP contribution >= 0.6 is 23.1 Å². The van der Waals surface area contributed by atoms with Gasteiger partial charge in [-0.25, -0.2) is 9.78 Å². The lowest BCUT2D eigenvalue weighted by molar-refractivity contribution is 0.0693. The highest BCUT2D eigenvalue weighted by atomic mass is 32.2. The molecule has 0 saturated heterocycles. The Morgan fingerprint density at radius 3 is 2.79 bits per heavy atom. The minimum atomic E-state index is -1.01. The fourth-order valence-electron chi connectivity index (χ4n) is 1.54. The van der Waals surface area contributed by atoms with Crippen LogP contribution in [0.4, 0.5) is 5.13 Å². The molecule has 0 fully saturated rings. The van der Waals surface area contributed by atoms with Crippen LogP contribution in [0.15, 0.2) is 27.4 Å². The van der Waals surface area contributed by atoms with Crippen molar-refractivity contribution in [2.75, 3.05) is 12.8 Å². The van der Waals surface area contributed by atoms with Crippen molar-refractivity contribution in [3.63, 3.8) is 0 Å². The summed E-state index contributed by atoms with van der Waals surface area (Å²) >= 11 is 2.81. The van der Waals surface area contributed by atoms with E-state index in [1.54, 1.807) is 18.3 Å². The van der Waals surface area contributed by atoms with Gasteiger partial charge in [0.05, 0.1) is 17.5 Å². The monoisotopic (exact) mass is 296 g/mol. The summed E-state index contributed by atoms with van der Waals surface area (Å²) in [7, 11) is 1.46. The normalized spacial score (nSPS) is 10.4. The second-order valence-corrected chi connectivity index (χ2v) is 6.15. The molecule has 0 atom stereocenters. The number of anilines is 1. The van der Waals surface area contributed by atoms with Crippen LogP contribution in [0.1, 0.15) is 15.9 Å². The summed E-state index contributed by atoms with van der Waals surface area (Å²) in [4.78, 5) is 16.0. The van der Waals surface area contributed by atoms with Gasteiger partial charge in [-0.1, -0.05) is 23.1 Å². The number of hydrogen-bond acceptors (Lipinski definition) is 6. The summed E-state index contributed by atoms with van der Waals surface area (Å²) in [6.45, 7) is 1.90. The topological polar surface area (TPSA) is 85.4 Å². The Hall–Kier alpha value is -1.73. The quantitative estimate of drug-likeness (QED) is 0.902. The molecule has 0 radical (unpaired) electrons. The number of carbonyl (C=O) groups is 1. The number of nitrogens with zero attached hydrogens (tertiary/aromatic N) is 1. The lowest BCUT2D eigenvalue weighted by Gasteiger charge is -2.10. The van der Waals surface area contributed by atoms with Crippen molar-refractivity contribution in [2.24, 2.45) is 0 Å². The maximum atomic E-state index is 11.2. The predicted molar refractivity (Wildman–Crippen MR) is 75.3 cm³/mol. The third-order valence-corrected chi connectivity index (χ3v) is 4.53. The third kappa shape index (κ3) is 2.99. The molecule has 1 aromatic carbocycles. The van der Waals surface area contributed by atoms with E-state index in [1.165, 1.54) is 30.2 Å². The number of benzene rings is 1. The van der Waals surface area contributed by atoms with E-state index in [9.17, 15) is 4.79 Å². The van der Waals surface area contributed by atoms with Gasteiger partial charge in [0, 0.05) is 4.90 Å². The maximum absolute atomic E-state index is 11.2. The van der Waals surface area contributed by atoms with Crippen LogP contribution in [-0.4, -0.2) is 23.2 Å². The zero-order chi connectivity index (χ0) is 14.0. The molecule has 100 valence electrons. The van der Waals surface area contributed by atoms with Crippen molar-refractivity contribution in [2.45, 2.75) is 16.0 Å². The molecule has 0 amide bonds. The standard InChI is InChI=1S/C12H12N2O3S2/c1-6-3-8(17-2)7(11(15)16)4-9(6)18-10-5-14-12(13)19-10/h3-5H,1-2H3,(H2,13,14)(H,15,16). The molecule has 0 unspecified atom stereocenters. The summed E-state index contributed by atoms with van der Waals surface area (Å²) < 4.78 is 6.00. The Morgan fingerprint density at radius 1 is 1.53 bits per heavy atom. The molecular weight excluding hydrogens is 284 g/mol. The number of nitrogens with two attached hydrogens (primary N) is 1. The van der Waals surface area contributed by atoms with Gasteiger partial charge in [0.15, 0.2) is 5.13 Å². The van der Waals surface area contributed by atoms with Crippen molar-refractivity contribution in [3.8, 4) is 5.75 Å². The number of hydrogen-bond donors (Lipinski definition) is 2. The van der Waals surface area contributed by atoms with Gasteiger partial charge in [-0.2, -0.15) is 0 Å². The summed E-state index contributed by atoms with van der Waals surface area (Å²) in [6, 6.07) is 3.33. The Balaban J connectivity index is 2.40. The molecule has 0 aliphatic heterocycles. The third-order valence-electron chi connectivity index (χ3n) is 2.44. The minimum absolute atomic E-state index is 0.146. The largest absolute Gasteiger partial charge is 0.496 e. The second kappa shape index (κ2) is 5.50. The molecular formula is C12H12N2O3S2. The van der Waals surface area contributed by atoms with E-state index in [1.807, 2.05) is 6.92 Å². The second-order valence-electron chi connectivity index (χ2n) is 3.74. The first-order chi connectivity index (χ1) is 9.01. The lowest BCUT2D eigenvalue weighted by atomic mass is 10.1. The summed E-state index contributed by atoms with van der Waals surface area (Å²) in [5, 5.41) is 9.66. The van der Waals surface area contributed by atoms with E-state index < -0.39 is 5.97 Å². The zero-order valence-electron chi connectivity index (χ0n) is 10.3. The highest BCUT2D eigenvalue weighted by Gasteiger charge is 2.15. The van der Waals surface area contributed by atoms with Gasteiger partial charge in [-0.15, -0.1) is 0 Å². The van der Waals surface area contributed by atoms with Crippen molar-refractivity contribution >= 4 is 34.2 Å². The zero-order valence-corrected chi connectivity index (χ0v) is 12.0. The number of aromatic carboxylic acids is 1. The van der Waals surface area contributed by atoms with Gasteiger partial charge >= 0.3 is 5.97 Å². The Kier molecular flexibility index (Phi) is 3.96. The Labute approximate surface area is 118 Å². The Bertz CT molecular complexity index is 625. The highest BCUT2D eigenvalue weighted by molar-refractivity contribution is 8.01. The number of thiazole rings is 1. The van der Waals surface area contributed by atoms with Gasteiger partial charge in [0.1, 0.15) is 11.3 Å². The van der Waals surface area contributed by atoms with Crippen LogP contribution in [-0.2, 0) is 0 Å². The molecule has 0 aliphatic rings. The number of aryl methyl sites for hydroxylation is 1. The Morgan fingerprint density at radius 2 is 2.26 bits per heavy atom. The van der Waals surface area contributed by atoms with Crippen LogP contribution in [0.2, 0.25) is 0 Å². The van der Waals surface area contributed by atoms with Crippen molar-refractivity contribution in [1.29, 1.82) is 0 Å². The molecule has 2 aromatic rings. The van der Waals surface area contributed by atoms with Crippen LogP contribution in [0.5, 0.6) is 5.75 Å². The molecule has 1 aromatic heterocycles. The number of methoxy groups -OCH3 is 1. The van der Waals surface area contributed by atoms with Crippen LogP contribution in [0.3, 0.4) is 0 Å². The fourth-order valence-corrected chi connectivity index (χ4v) is 3.36. The minimum Gasteiger partial charge on any atom is -0.496 e. The van der Waals surface area contributed by atoms with Crippen molar-refractivity contribution in [1.82, 2.24) is 4.98 Å². The summed E-state index contributed by atoms with van der Waals surface area (Å²) in [5.74, 6) is -0.652. The number of aromatic nitrogens is 1. The van der Waals surface area contributed by atoms with Gasteiger partial charge in [-0.05, 0) is 24.6 Å². The van der Waals surface area contributed by atoms with Gasteiger partial charge in [0.2, 0.25) is 0 Å². The molecule has 1 heterocycles. The molecule has 5 nitrogen and oxygen atoms in total. The average Bonchev–Trinajstić information content (AvgIpc) is 2.76. The van der Waals surface area contributed by atoms with Gasteiger partial charge < -0.3 is 15.6 Å². The SMILES string of the molecule is COc1cc(C)c(Sc2cnc(N)s2)cc1C(=O)O. The van der Waals surface area contributed by atoms with Crippen LogP contribution in [0, 0.1) is 6.92 Å². The molecule has 2 rings (SSSR count). The van der Waals surface area contributed by atoms with Crippen LogP contribution < -0.4 is 10.5 Å². The molecule has 3 N–H and O–H groups in total. The summed E-state index contributed by atoms with van der Waals surface area (Å²) in [5.41, 5.74) is 6.66. The maximum Gasteiger partial charge on any atom is 0.339 e. The smallest absolute Gasteiger partial charge is 0.339 e. The molecule has 0 spiro atoms. The van der Waals surface area contributed by atoms with Crippen LogP contribution in [0.25, 0.3) is 0 Å². The predicted octanol–water partition coefficient (Wildman–Crippen LogP) is 2.89. The van der Waals surface area contributed by atoms with Crippen molar-refractivity contribution < 1.29 is 14.6 Å². The first kappa shape index (κ1) is 13.7. The van der Waals surface area contributed by atoms with E-state index in [-0.39, 0.29) is 5.56 Å². The first-order valence-electron chi connectivity index (χ1n) is 5.32. The highest BCUT2D eigenvalue weighted by Crippen LogP contribution is 2.37. The lowest BCUT2D eigenvalue weighted by Crippen LogP contribution is -2.01. The van der Waals surface area contributed by atoms with E-state index in [2.05, 4.69) is 4.98 Å². The number of rotatable bonds is 4. The molecule has 7 heteroatoms. The van der Waals surface area contributed by atoms with Crippen molar-refractivity contribution in [3.05, 3.63) is 29.5 Å². The number of ether oxygens (including phenoxy) is 1. The number of nitrogen functional groups attached to an aromatic ring is 1. The van der Waals surface area contributed by atoms with E-state index in [0.717, 1.165) is 14.7 Å².